The Hall–Kier alpha value is -1.39. The van der Waals surface area contributed by atoms with E-state index in [-0.39, 0.29) is 5.91 Å². The van der Waals surface area contributed by atoms with Crippen LogP contribution in [0.25, 0.3) is 0 Å². The van der Waals surface area contributed by atoms with Crippen molar-refractivity contribution in [1.82, 2.24) is 20.7 Å². The lowest BCUT2D eigenvalue weighted by atomic mass is 10.2. The first-order valence-electron chi connectivity index (χ1n) is 4.45. The lowest BCUT2D eigenvalue weighted by Crippen LogP contribution is -2.22. The van der Waals surface area contributed by atoms with E-state index in [0.717, 1.165) is 18.5 Å². The molecule has 5 nitrogen and oxygen atoms in total. The van der Waals surface area contributed by atoms with E-state index >= 15 is 0 Å². The minimum Gasteiger partial charge on any atom is -0.350 e. The van der Waals surface area contributed by atoms with Crippen LogP contribution < -0.4 is 5.32 Å². The van der Waals surface area contributed by atoms with Gasteiger partial charge in [-0.3, -0.25) is 9.89 Å². The first-order valence-corrected chi connectivity index (χ1v) is 4.45. The molecule has 0 aliphatic carbocycles. The van der Waals surface area contributed by atoms with Crippen LogP contribution in [0.2, 0.25) is 0 Å². The number of nitrogens with zero attached hydrogens (tertiary/aromatic N) is 2. The zero-order chi connectivity index (χ0) is 9.52. The second-order valence-corrected chi connectivity index (χ2v) is 2.85. The van der Waals surface area contributed by atoms with Gasteiger partial charge in [0.1, 0.15) is 5.69 Å². The number of aromatic nitrogens is 3. The van der Waals surface area contributed by atoms with Crippen LogP contribution in [0.15, 0.2) is 6.20 Å². The van der Waals surface area contributed by atoms with Crippen LogP contribution in [0.5, 0.6) is 0 Å². The van der Waals surface area contributed by atoms with E-state index in [2.05, 4.69) is 27.7 Å². The summed E-state index contributed by atoms with van der Waals surface area (Å²) >= 11 is 0. The van der Waals surface area contributed by atoms with Gasteiger partial charge in [0.05, 0.1) is 6.54 Å². The number of aromatic amines is 1. The molecule has 0 spiro atoms. The molecule has 1 heterocycles. The zero-order valence-electron chi connectivity index (χ0n) is 7.71. The SMILES string of the molecule is CCCCC(=O)NCc1c[nH]nn1. The largest absolute Gasteiger partial charge is 0.350 e. The van der Waals surface area contributed by atoms with E-state index in [1.807, 2.05) is 0 Å². The molecular formula is C8H14N4O. The van der Waals surface area contributed by atoms with Crippen molar-refractivity contribution in [3.05, 3.63) is 11.9 Å². The number of carbonyl (C=O) groups is 1. The Kier molecular flexibility index (Phi) is 3.95. The molecule has 13 heavy (non-hydrogen) atoms. The number of carbonyl (C=O) groups excluding carboxylic acids is 1. The Morgan fingerprint density at radius 2 is 2.54 bits per heavy atom. The quantitative estimate of drug-likeness (QED) is 0.701. The van der Waals surface area contributed by atoms with Crippen molar-refractivity contribution < 1.29 is 4.79 Å². The van der Waals surface area contributed by atoms with Crippen LogP contribution in [0.3, 0.4) is 0 Å². The summed E-state index contributed by atoms with van der Waals surface area (Å²) < 4.78 is 0. The topological polar surface area (TPSA) is 70.7 Å². The van der Waals surface area contributed by atoms with Crippen LogP contribution in [0.4, 0.5) is 0 Å². The fourth-order valence-corrected chi connectivity index (χ4v) is 0.927. The van der Waals surface area contributed by atoms with E-state index in [1.54, 1.807) is 6.20 Å². The van der Waals surface area contributed by atoms with Gasteiger partial charge in [0.2, 0.25) is 5.91 Å². The number of rotatable bonds is 5. The molecule has 1 amide bonds. The first kappa shape index (κ1) is 9.70. The summed E-state index contributed by atoms with van der Waals surface area (Å²) in [6, 6.07) is 0. The molecule has 1 aromatic heterocycles. The predicted octanol–water partition coefficient (Wildman–Crippen LogP) is 0.611. The molecule has 0 radical (unpaired) electrons. The molecule has 0 fully saturated rings. The molecule has 1 rings (SSSR count). The summed E-state index contributed by atoms with van der Waals surface area (Å²) in [4.78, 5) is 11.1. The second kappa shape index (κ2) is 5.29. The Labute approximate surface area is 76.9 Å². The van der Waals surface area contributed by atoms with Crippen molar-refractivity contribution in [3.63, 3.8) is 0 Å². The van der Waals surface area contributed by atoms with Gasteiger partial charge in [0.25, 0.3) is 0 Å². The number of amides is 1. The van der Waals surface area contributed by atoms with Crippen molar-refractivity contribution in [2.75, 3.05) is 0 Å². The van der Waals surface area contributed by atoms with Crippen LogP contribution in [-0.4, -0.2) is 21.3 Å². The number of hydrogen-bond donors (Lipinski definition) is 2. The van der Waals surface area contributed by atoms with E-state index in [9.17, 15) is 4.79 Å². The van der Waals surface area contributed by atoms with Gasteiger partial charge in [-0.15, -0.1) is 5.10 Å². The molecule has 1 aromatic rings. The third kappa shape index (κ3) is 3.68. The summed E-state index contributed by atoms with van der Waals surface area (Å²) in [6.45, 7) is 2.52. The van der Waals surface area contributed by atoms with Crippen molar-refractivity contribution >= 4 is 5.91 Å². The van der Waals surface area contributed by atoms with Gasteiger partial charge in [-0.2, -0.15) is 0 Å². The standard InChI is InChI=1S/C8H14N4O/c1-2-3-4-8(13)9-5-7-6-10-12-11-7/h6H,2-5H2,1H3,(H,9,13)(H,10,11,12). The molecule has 0 aromatic carbocycles. The monoisotopic (exact) mass is 182 g/mol. The fraction of sp³-hybridized carbons (Fsp3) is 0.625. The summed E-state index contributed by atoms with van der Waals surface area (Å²) in [6.07, 6.45) is 4.23. The van der Waals surface area contributed by atoms with Gasteiger partial charge >= 0.3 is 0 Å². The van der Waals surface area contributed by atoms with E-state index < -0.39 is 0 Å². The van der Waals surface area contributed by atoms with Crippen LogP contribution in [-0.2, 0) is 11.3 Å². The molecule has 0 aliphatic rings. The highest BCUT2D eigenvalue weighted by Crippen LogP contribution is 1.94. The highest BCUT2D eigenvalue weighted by Gasteiger charge is 2.00. The van der Waals surface area contributed by atoms with Gasteiger partial charge in [-0.05, 0) is 6.42 Å². The lowest BCUT2D eigenvalue weighted by Gasteiger charge is -2.00. The molecule has 0 atom stereocenters. The Morgan fingerprint density at radius 3 is 3.15 bits per heavy atom. The van der Waals surface area contributed by atoms with Gasteiger partial charge in [0.15, 0.2) is 0 Å². The average molecular weight is 182 g/mol. The number of hydrogen-bond acceptors (Lipinski definition) is 3. The molecule has 0 aliphatic heterocycles. The number of unbranched alkanes of at least 4 members (excludes halogenated alkanes) is 1. The average Bonchev–Trinajstić information content (AvgIpc) is 2.64. The fourth-order valence-electron chi connectivity index (χ4n) is 0.927. The summed E-state index contributed by atoms with van der Waals surface area (Å²) in [5, 5.41) is 12.6. The Balaban J connectivity index is 2.15. The van der Waals surface area contributed by atoms with Crippen molar-refractivity contribution in [3.8, 4) is 0 Å². The smallest absolute Gasteiger partial charge is 0.220 e. The van der Waals surface area contributed by atoms with Crippen LogP contribution in [0.1, 0.15) is 31.9 Å². The van der Waals surface area contributed by atoms with Gasteiger partial charge in [-0.25, -0.2) is 0 Å². The highest BCUT2D eigenvalue weighted by atomic mass is 16.1. The number of nitrogens with one attached hydrogen (secondary N) is 2. The maximum absolute atomic E-state index is 11.1. The number of H-pyrrole nitrogens is 1. The van der Waals surface area contributed by atoms with Crippen molar-refractivity contribution in [2.45, 2.75) is 32.7 Å². The summed E-state index contributed by atoms with van der Waals surface area (Å²) in [5.74, 6) is 0.0739. The third-order valence-electron chi connectivity index (χ3n) is 1.69. The predicted molar refractivity (Wildman–Crippen MR) is 47.8 cm³/mol. The minimum absolute atomic E-state index is 0.0739. The van der Waals surface area contributed by atoms with Gasteiger partial charge < -0.3 is 5.32 Å². The van der Waals surface area contributed by atoms with Gasteiger partial charge in [0, 0.05) is 12.6 Å². The lowest BCUT2D eigenvalue weighted by molar-refractivity contribution is -0.121. The van der Waals surface area contributed by atoms with E-state index in [0.29, 0.717) is 13.0 Å². The summed E-state index contributed by atoms with van der Waals surface area (Å²) in [5.41, 5.74) is 0.754. The normalized spacial score (nSPS) is 9.92. The van der Waals surface area contributed by atoms with Crippen LogP contribution in [0, 0.1) is 0 Å². The van der Waals surface area contributed by atoms with E-state index in [4.69, 9.17) is 0 Å². The molecule has 5 heteroatoms. The first-order chi connectivity index (χ1) is 6.33. The molecule has 2 N–H and O–H groups in total. The molecule has 72 valence electrons. The van der Waals surface area contributed by atoms with Gasteiger partial charge in [-0.1, -0.05) is 18.6 Å². The highest BCUT2D eigenvalue weighted by molar-refractivity contribution is 5.75. The zero-order valence-corrected chi connectivity index (χ0v) is 7.71. The molecule has 0 saturated heterocycles. The van der Waals surface area contributed by atoms with E-state index in [1.165, 1.54) is 0 Å². The molecule has 0 saturated carbocycles. The molecule has 0 unspecified atom stereocenters. The second-order valence-electron chi connectivity index (χ2n) is 2.85. The van der Waals surface area contributed by atoms with Crippen LogP contribution >= 0.6 is 0 Å². The Morgan fingerprint density at radius 1 is 1.69 bits per heavy atom. The maximum Gasteiger partial charge on any atom is 0.220 e. The minimum atomic E-state index is 0.0739. The van der Waals surface area contributed by atoms with Crippen molar-refractivity contribution in [2.24, 2.45) is 0 Å². The molecular weight excluding hydrogens is 168 g/mol. The maximum atomic E-state index is 11.1. The Bertz CT molecular complexity index is 245. The molecule has 0 bridgehead atoms. The summed E-state index contributed by atoms with van der Waals surface area (Å²) in [7, 11) is 0. The van der Waals surface area contributed by atoms with Crippen molar-refractivity contribution in [1.29, 1.82) is 0 Å². The third-order valence-corrected chi connectivity index (χ3v) is 1.69.